The Kier molecular flexibility index (Phi) is 9.63. The Balaban J connectivity index is 0.00000312. The fraction of sp³-hybridized carbons (Fsp3) is 0.556. The maximum absolute atomic E-state index is 12.1. The average molecular weight is 476 g/mol. The van der Waals surface area contributed by atoms with E-state index < -0.39 is 0 Å². The number of nitrogens with one attached hydrogen (secondary N) is 2. The fourth-order valence-corrected chi connectivity index (χ4v) is 3.73. The van der Waals surface area contributed by atoms with Gasteiger partial charge in [0, 0.05) is 36.7 Å². The van der Waals surface area contributed by atoms with Gasteiger partial charge >= 0.3 is 0 Å². The quantitative estimate of drug-likeness (QED) is 0.390. The summed E-state index contributed by atoms with van der Waals surface area (Å²) in [5, 5.41) is 6.23. The first-order valence-electron chi connectivity index (χ1n) is 8.48. The van der Waals surface area contributed by atoms with E-state index in [0.717, 1.165) is 36.9 Å². The van der Waals surface area contributed by atoms with Crippen molar-refractivity contribution in [3.05, 3.63) is 35.9 Å². The number of carbonyl (C=O) groups is 1. The van der Waals surface area contributed by atoms with Gasteiger partial charge in [-0.1, -0.05) is 30.3 Å². The second-order valence-electron chi connectivity index (χ2n) is 6.46. The topological polar surface area (TPSA) is 56.7 Å². The average Bonchev–Trinajstić information content (AvgIpc) is 2.56. The van der Waals surface area contributed by atoms with Crippen LogP contribution in [0.1, 0.15) is 26.3 Å². The molecule has 0 spiro atoms. The van der Waals surface area contributed by atoms with Crippen molar-refractivity contribution in [2.75, 3.05) is 31.9 Å². The van der Waals surface area contributed by atoms with Crippen LogP contribution in [0.5, 0.6) is 0 Å². The van der Waals surface area contributed by atoms with Gasteiger partial charge in [0.2, 0.25) is 5.91 Å². The molecule has 0 unspecified atom stereocenters. The van der Waals surface area contributed by atoms with Crippen LogP contribution in [-0.4, -0.2) is 53.4 Å². The van der Waals surface area contributed by atoms with Gasteiger partial charge in [-0.15, -0.1) is 24.0 Å². The molecule has 2 N–H and O–H groups in total. The molecule has 2 rings (SSSR count). The summed E-state index contributed by atoms with van der Waals surface area (Å²) in [5.41, 5.74) is 1.09. The Morgan fingerprint density at radius 2 is 2.00 bits per heavy atom. The zero-order chi connectivity index (χ0) is 17.4. The number of halogens is 1. The molecule has 1 aliphatic heterocycles. The van der Waals surface area contributed by atoms with Gasteiger partial charge in [-0.25, -0.2) is 4.99 Å². The van der Waals surface area contributed by atoms with Gasteiger partial charge in [0.25, 0.3) is 0 Å². The molecule has 5 nitrogen and oxygen atoms in total. The van der Waals surface area contributed by atoms with E-state index in [1.54, 1.807) is 0 Å². The molecule has 1 aliphatic rings. The summed E-state index contributed by atoms with van der Waals surface area (Å²) in [6.07, 6.45) is 0. The summed E-state index contributed by atoms with van der Waals surface area (Å²) in [4.78, 5) is 18.8. The predicted molar refractivity (Wildman–Crippen MR) is 118 cm³/mol. The SMILES string of the molecule is CCNC(=NCC(=O)NCc1ccccc1)N1CCSC(C)(C)C1.I. The van der Waals surface area contributed by atoms with E-state index in [0.29, 0.717) is 6.54 Å². The molecule has 0 atom stereocenters. The molecule has 25 heavy (non-hydrogen) atoms. The molecule has 1 heterocycles. The molecule has 7 heteroatoms. The van der Waals surface area contributed by atoms with Gasteiger partial charge in [0.15, 0.2) is 5.96 Å². The lowest BCUT2D eigenvalue weighted by atomic mass is 10.2. The summed E-state index contributed by atoms with van der Waals surface area (Å²) in [6.45, 7) is 9.95. The third kappa shape index (κ3) is 7.85. The molecule has 1 fully saturated rings. The molecule has 0 radical (unpaired) electrons. The van der Waals surface area contributed by atoms with Crippen molar-refractivity contribution in [2.24, 2.45) is 4.99 Å². The number of rotatable bonds is 5. The van der Waals surface area contributed by atoms with Gasteiger partial charge < -0.3 is 15.5 Å². The molecule has 0 bridgehead atoms. The van der Waals surface area contributed by atoms with Crippen LogP contribution in [0.3, 0.4) is 0 Å². The van der Waals surface area contributed by atoms with Gasteiger partial charge in [-0.05, 0) is 26.3 Å². The fourth-order valence-electron chi connectivity index (χ4n) is 2.62. The van der Waals surface area contributed by atoms with Crippen LogP contribution in [-0.2, 0) is 11.3 Å². The number of hydrogen-bond donors (Lipinski definition) is 2. The van der Waals surface area contributed by atoms with Crippen LogP contribution < -0.4 is 10.6 Å². The Morgan fingerprint density at radius 1 is 1.28 bits per heavy atom. The number of amides is 1. The van der Waals surface area contributed by atoms with Crippen molar-refractivity contribution >= 4 is 47.6 Å². The van der Waals surface area contributed by atoms with Gasteiger partial charge in [-0.2, -0.15) is 11.8 Å². The summed E-state index contributed by atoms with van der Waals surface area (Å²) >= 11 is 1.99. The third-order valence-corrected chi connectivity index (χ3v) is 5.06. The van der Waals surface area contributed by atoms with E-state index in [1.165, 1.54) is 0 Å². The highest BCUT2D eigenvalue weighted by molar-refractivity contribution is 14.0. The molecule has 0 aliphatic carbocycles. The Morgan fingerprint density at radius 3 is 2.64 bits per heavy atom. The molecule has 1 saturated heterocycles. The number of carbonyl (C=O) groups excluding carboxylic acids is 1. The molecule has 0 aromatic heterocycles. The van der Waals surface area contributed by atoms with Crippen LogP contribution in [0.15, 0.2) is 35.3 Å². The largest absolute Gasteiger partial charge is 0.357 e. The predicted octanol–water partition coefficient (Wildman–Crippen LogP) is 2.71. The molecular formula is C18H29IN4OS. The second kappa shape index (κ2) is 10.9. The molecule has 1 aromatic rings. The lowest BCUT2D eigenvalue weighted by Gasteiger charge is -2.39. The highest BCUT2D eigenvalue weighted by Gasteiger charge is 2.28. The number of hydrogen-bond acceptors (Lipinski definition) is 3. The lowest BCUT2D eigenvalue weighted by Crippen LogP contribution is -2.51. The number of benzene rings is 1. The Labute approximate surface area is 172 Å². The smallest absolute Gasteiger partial charge is 0.242 e. The molecule has 1 amide bonds. The number of guanidine groups is 1. The molecule has 140 valence electrons. The highest BCUT2D eigenvalue weighted by Crippen LogP contribution is 2.29. The monoisotopic (exact) mass is 476 g/mol. The summed E-state index contributed by atoms with van der Waals surface area (Å²) in [6, 6.07) is 9.91. The van der Waals surface area contributed by atoms with Gasteiger partial charge in [-0.3, -0.25) is 4.79 Å². The van der Waals surface area contributed by atoms with Gasteiger partial charge in [0.1, 0.15) is 6.54 Å². The van der Waals surface area contributed by atoms with Crippen LogP contribution in [0.2, 0.25) is 0 Å². The molecular weight excluding hydrogens is 447 g/mol. The summed E-state index contributed by atoms with van der Waals surface area (Å²) in [5.74, 6) is 1.86. The molecule has 0 saturated carbocycles. The Bertz CT molecular complexity index is 565. The number of aliphatic imine (C=N–C) groups is 1. The first-order chi connectivity index (χ1) is 11.5. The minimum Gasteiger partial charge on any atom is -0.357 e. The van der Waals surface area contributed by atoms with Crippen molar-refractivity contribution in [2.45, 2.75) is 32.1 Å². The molecule has 1 aromatic carbocycles. The maximum atomic E-state index is 12.1. The minimum absolute atomic E-state index is 0. The maximum Gasteiger partial charge on any atom is 0.242 e. The first kappa shape index (κ1) is 22.1. The number of thioether (sulfide) groups is 1. The van der Waals surface area contributed by atoms with Gasteiger partial charge in [0.05, 0.1) is 0 Å². The Hall–Kier alpha value is -0.960. The summed E-state index contributed by atoms with van der Waals surface area (Å²) < 4.78 is 0.212. The minimum atomic E-state index is -0.0556. The van der Waals surface area contributed by atoms with Crippen molar-refractivity contribution in [3.8, 4) is 0 Å². The van der Waals surface area contributed by atoms with Crippen LogP contribution in [0.4, 0.5) is 0 Å². The first-order valence-corrected chi connectivity index (χ1v) is 9.46. The van der Waals surface area contributed by atoms with E-state index in [4.69, 9.17) is 0 Å². The van der Waals surface area contributed by atoms with Crippen molar-refractivity contribution in [1.29, 1.82) is 0 Å². The zero-order valence-corrected chi connectivity index (χ0v) is 18.4. The second-order valence-corrected chi connectivity index (χ2v) is 8.26. The summed E-state index contributed by atoms with van der Waals surface area (Å²) in [7, 11) is 0. The van der Waals surface area contributed by atoms with E-state index in [1.807, 2.05) is 42.1 Å². The van der Waals surface area contributed by atoms with E-state index in [-0.39, 0.29) is 41.2 Å². The van der Waals surface area contributed by atoms with Crippen LogP contribution in [0.25, 0.3) is 0 Å². The van der Waals surface area contributed by atoms with Crippen molar-refractivity contribution in [3.63, 3.8) is 0 Å². The lowest BCUT2D eigenvalue weighted by molar-refractivity contribution is -0.119. The van der Waals surface area contributed by atoms with E-state index in [2.05, 4.69) is 41.3 Å². The highest BCUT2D eigenvalue weighted by atomic mass is 127. The normalized spacial score (nSPS) is 16.8. The zero-order valence-electron chi connectivity index (χ0n) is 15.2. The van der Waals surface area contributed by atoms with Crippen molar-refractivity contribution < 1.29 is 4.79 Å². The van der Waals surface area contributed by atoms with Crippen LogP contribution >= 0.6 is 35.7 Å². The van der Waals surface area contributed by atoms with Crippen LogP contribution in [0, 0.1) is 0 Å². The standard InChI is InChI=1S/C18H28N4OS.HI/c1-4-19-17(22-10-11-24-18(2,3)14-22)21-13-16(23)20-12-15-8-6-5-7-9-15;/h5-9H,4,10-14H2,1-3H3,(H,19,21)(H,20,23);1H. The van der Waals surface area contributed by atoms with E-state index in [9.17, 15) is 4.79 Å². The van der Waals surface area contributed by atoms with Crippen molar-refractivity contribution in [1.82, 2.24) is 15.5 Å². The third-order valence-electron chi connectivity index (χ3n) is 3.77. The number of nitrogens with zero attached hydrogens (tertiary/aromatic N) is 2. The van der Waals surface area contributed by atoms with E-state index >= 15 is 0 Å².